The standard InChI is InChI=1S/C7H5BrF3N/c8-3-5-1-2-6(12-4-5)7(9,10)11/h1-2,4H,3H2. The van der Waals surface area contributed by atoms with E-state index in [9.17, 15) is 13.2 Å². The van der Waals surface area contributed by atoms with Crippen molar-refractivity contribution in [3.8, 4) is 0 Å². The molecule has 0 unspecified atom stereocenters. The lowest BCUT2D eigenvalue weighted by molar-refractivity contribution is -0.141. The molecule has 1 heterocycles. The summed E-state index contributed by atoms with van der Waals surface area (Å²) in [4.78, 5) is 3.27. The number of alkyl halides is 4. The number of pyridine rings is 1. The van der Waals surface area contributed by atoms with Gasteiger partial charge in [-0.15, -0.1) is 0 Å². The van der Waals surface area contributed by atoms with Gasteiger partial charge in [-0.2, -0.15) is 13.2 Å². The van der Waals surface area contributed by atoms with Gasteiger partial charge >= 0.3 is 6.18 Å². The molecule has 0 radical (unpaired) electrons. The first-order valence-corrected chi connectivity index (χ1v) is 4.24. The monoisotopic (exact) mass is 239 g/mol. The molecule has 0 atom stereocenters. The van der Waals surface area contributed by atoms with Crippen LogP contribution < -0.4 is 0 Å². The van der Waals surface area contributed by atoms with Gasteiger partial charge in [-0.05, 0) is 11.6 Å². The molecule has 1 aromatic rings. The van der Waals surface area contributed by atoms with E-state index >= 15 is 0 Å². The summed E-state index contributed by atoms with van der Waals surface area (Å²) in [5, 5.41) is 0.512. The van der Waals surface area contributed by atoms with Gasteiger partial charge in [0.25, 0.3) is 0 Å². The van der Waals surface area contributed by atoms with Crippen LogP contribution in [-0.2, 0) is 11.5 Å². The van der Waals surface area contributed by atoms with Gasteiger partial charge in [0.15, 0.2) is 0 Å². The van der Waals surface area contributed by atoms with Crippen molar-refractivity contribution in [2.45, 2.75) is 11.5 Å². The molecule has 0 amide bonds. The van der Waals surface area contributed by atoms with Gasteiger partial charge in [0, 0.05) is 11.5 Å². The zero-order chi connectivity index (χ0) is 9.19. The molecule has 0 aliphatic carbocycles. The highest BCUT2D eigenvalue weighted by molar-refractivity contribution is 9.08. The van der Waals surface area contributed by atoms with Crippen LogP contribution in [-0.4, -0.2) is 4.98 Å². The molecule has 0 spiro atoms. The summed E-state index contributed by atoms with van der Waals surface area (Å²) in [7, 11) is 0. The highest BCUT2D eigenvalue weighted by Gasteiger charge is 2.31. The van der Waals surface area contributed by atoms with Crippen LogP contribution in [0.15, 0.2) is 18.3 Å². The molecular weight excluding hydrogens is 235 g/mol. The first-order chi connectivity index (χ1) is 5.54. The van der Waals surface area contributed by atoms with E-state index in [1.165, 1.54) is 12.3 Å². The highest BCUT2D eigenvalue weighted by atomic mass is 79.9. The molecule has 12 heavy (non-hydrogen) atoms. The van der Waals surface area contributed by atoms with E-state index in [1.807, 2.05) is 0 Å². The number of hydrogen-bond donors (Lipinski definition) is 0. The Balaban J connectivity index is 2.93. The molecule has 0 aliphatic rings. The minimum absolute atomic E-state index is 0.512. The predicted octanol–water partition coefficient (Wildman–Crippen LogP) is 3.00. The van der Waals surface area contributed by atoms with E-state index in [-0.39, 0.29) is 0 Å². The second-order valence-electron chi connectivity index (χ2n) is 2.18. The van der Waals surface area contributed by atoms with Gasteiger partial charge in [0.2, 0.25) is 0 Å². The number of hydrogen-bond acceptors (Lipinski definition) is 1. The largest absolute Gasteiger partial charge is 0.433 e. The van der Waals surface area contributed by atoms with Crippen LogP contribution in [0.4, 0.5) is 13.2 Å². The minimum Gasteiger partial charge on any atom is -0.251 e. The maximum absolute atomic E-state index is 11.9. The van der Waals surface area contributed by atoms with Gasteiger partial charge < -0.3 is 0 Å². The van der Waals surface area contributed by atoms with Crippen LogP contribution in [0.25, 0.3) is 0 Å². The van der Waals surface area contributed by atoms with Crippen LogP contribution in [0.2, 0.25) is 0 Å². The minimum atomic E-state index is -4.34. The van der Waals surface area contributed by atoms with Crippen molar-refractivity contribution in [3.05, 3.63) is 29.6 Å². The molecule has 1 rings (SSSR count). The van der Waals surface area contributed by atoms with E-state index in [1.54, 1.807) is 0 Å². The third kappa shape index (κ3) is 2.20. The third-order valence-corrected chi connectivity index (χ3v) is 1.92. The first-order valence-electron chi connectivity index (χ1n) is 3.12. The average molecular weight is 240 g/mol. The smallest absolute Gasteiger partial charge is 0.251 e. The van der Waals surface area contributed by atoms with E-state index in [4.69, 9.17) is 0 Å². The number of aromatic nitrogens is 1. The zero-order valence-electron chi connectivity index (χ0n) is 5.90. The normalized spacial score (nSPS) is 11.7. The maximum Gasteiger partial charge on any atom is 0.433 e. The van der Waals surface area contributed by atoms with Crippen molar-refractivity contribution in [2.24, 2.45) is 0 Å². The van der Waals surface area contributed by atoms with Crippen molar-refractivity contribution in [1.29, 1.82) is 0 Å². The van der Waals surface area contributed by atoms with Crippen molar-refractivity contribution >= 4 is 15.9 Å². The summed E-state index contributed by atoms with van der Waals surface area (Å²) >= 11 is 3.11. The Morgan fingerprint density at radius 1 is 1.33 bits per heavy atom. The average Bonchev–Trinajstić information content (AvgIpc) is 2.03. The third-order valence-electron chi connectivity index (χ3n) is 1.27. The molecule has 0 fully saturated rings. The van der Waals surface area contributed by atoms with E-state index < -0.39 is 11.9 Å². The SMILES string of the molecule is FC(F)(F)c1ccc(CBr)cn1. The van der Waals surface area contributed by atoms with Crippen LogP contribution in [0.5, 0.6) is 0 Å². The lowest BCUT2D eigenvalue weighted by Crippen LogP contribution is -2.07. The molecular formula is C7H5BrF3N. The fourth-order valence-corrected chi connectivity index (χ4v) is 1.00. The summed E-state index contributed by atoms with van der Waals surface area (Å²) in [6.07, 6.45) is -3.14. The maximum atomic E-state index is 11.9. The number of nitrogens with zero attached hydrogens (tertiary/aromatic N) is 1. The summed E-state index contributed by atoms with van der Waals surface area (Å²) in [6.45, 7) is 0. The summed E-state index contributed by atoms with van der Waals surface area (Å²) in [5.74, 6) is 0. The second-order valence-corrected chi connectivity index (χ2v) is 2.74. The molecule has 0 aromatic carbocycles. The highest BCUT2D eigenvalue weighted by Crippen LogP contribution is 2.27. The van der Waals surface area contributed by atoms with Gasteiger partial charge in [-0.3, -0.25) is 4.98 Å². The Bertz CT molecular complexity index is 254. The number of rotatable bonds is 1. The Morgan fingerprint density at radius 3 is 2.33 bits per heavy atom. The van der Waals surface area contributed by atoms with Gasteiger partial charge in [0.1, 0.15) is 5.69 Å². The lowest BCUT2D eigenvalue weighted by Gasteiger charge is -2.04. The molecule has 5 heteroatoms. The summed E-state index contributed by atoms with van der Waals surface area (Å²) in [5.41, 5.74) is -0.129. The molecule has 1 aromatic heterocycles. The van der Waals surface area contributed by atoms with Gasteiger partial charge in [-0.25, -0.2) is 0 Å². The fraction of sp³-hybridized carbons (Fsp3) is 0.286. The van der Waals surface area contributed by atoms with Crippen LogP contribution in [0.1, 0.15) is 11.3 Å². The Kier molecular flexibility index (Phi) is 2.72. The van der Waals surface area contributed by atoms with Gasteiger partial charge in [0.05, 0.1) is 0 Å². The fourth-order valence-electron chi connectivity index (χ4n) is 0.671. The van der Waals surface area contributed by atoms with Gasteiger partial charge in [-0.1, -0.05) is 22.0 Å². The molecule has 0 bridgehead atoms. The zero-order valence-corrected chi connectivity index (χ0v) is 7.48. The van der Waals surface area contributed by atoms with Crippen LogP contribution in [0.3, 0.4) is 0 Å². The molecule has 0 saturated heterocycles. The van der Waals surface area contributed by atoms with E-state index in [0.717, 1.165) is 11.6 Å². The Morgan fingerprint density at radius 2 is 2.00 bits per heavy atom. The van der Waals surface area contributed by atoms with Crippen molar-refractivity contribution in [1.82, 2.24) is 4.98 Å². The molecule has 0 aliphatic heterocycles. The predicted molar refractivity (Wildman–Crippen MR) is 41.9 cm³/mol. The van der Waals surface area contributed by atoms with Crippen LogP contribution in [0, 0.1) is 0 Å². The summed E-state index contributed by atoms with van der Waals surface area (Å²) in [6, 6.07) is 2.36. The molecule has 0 N–H and O–H groups in total. The topological polar surface area (TPSA) is 12.9 Å². The quantitative estimate of drug-likeness (QED) is 0.687. The number of halogens is 4. The second kappa shape index (κ2) is 3.43. The van der Waals surface area contributed by atoms with Crippen molar-refractivity contribution in [2.75, 3.05) is 0 Å². The Hall–Kier alpha value is -0.580. The molecule has 66 valence electrons. The lowest BCUT2D eigenvalue weighted by atomic mass is 10.3. The summed E-state index contributed by atoms with van der Waals surface area (Å²) < 4.78 is 35.8. The van der Waals surface area contributed by atoms with Crippen molar-refractivity contribution < 1.29 is 13.2 Å². The first kappa shape index (κ1) is 9.51. The van der Waals surface area contributed by atoms with E-state index in [2.05, 4.69) is 20.9 Å². The van der Waals surface area contributed by atoms with Crippen LogP contribution >= 0.6 is 15.9 Å². The van der Waals surface area contributed by atoms with E-state index in [0.29, 0.717) is 5.33 Å². The Labute approximate surface area is 75.7 Å². The molecule has 1 nitrogen and oxygen atoms in total. The van der Waals surface area contributed by atoms with Crippen molar-refractivity contribution in [3.63, 3.8) is 0 Å². The molecule has 0 saturated carbocycles.